The number of halogens is 1. The summed E-state index contributed by atoms with van der Waals surface area (Å²) in [7, 11) is 0. The van der Waals surface area contributed by atoms with E-state index in [1.807, 2.05) is 48.0 Å². The summed E-state index contributed by atoms with van der Waals surface area (Å²) in [6, 6.07) is 9.33. The third kappa shape index (κ3) is 5.74. The summed E-state index contributed by atoms with van der Waals surface area (Å²) in [5.41, 5.74) is 1.83. The van der Waals surface area contributed by atoms with Crippen LogP contribution in [0.3, 0.4) is 0 Å². The number of nitrogens with one attached hydrogen (secondary N) is 1. The zero-order valence-electron chi connectivity index (χ0n) is 15.1. The summed E-state index contributed by atoms with van der Waals surface area (Å²) < 4.78 is 11.1. The second-order valence-electron chi connectivity index (χ2n) is 6.03. The van der Waals surface area contributed by atoms with Crippen molar-refractivity contribution in [1.29, 1.82) is 0 Å². The number of rotatable bonds is 8. The van der Waals surface area contributed by atoms with Crippen LogP contribution in [0.25, 0.3) is 11.4 Å². The molecular weight excluding hydrogens is 446 g/mol. The number of carbonyl (C=O) groups is 2. The summed E-state index contributed by atoms with van der Waals surface area (Å²) in [4.78, 5) is 28.1. The number of hydrogen-bond acceptors (Lipinski definition) is 7. The largest absolute Gasteiger partial charge is 0.456 e. The molecule has 0 aliphatic carbocycles. The molecule has 2 heterocycles. The second-order valence-corrected chi connectivity index (χ2v) is 7.72. The molecule has 0 spiro atoms. The molecule has 3 aromatic rings. The lowest BCUT2D eigenvalue weighted by Crippen LogP contribution is -2.31. The monoisotopic (exact) mass is 463 g/mol. The molecule has 0 saturated heterocycles. The molecule has 0 aliphatic heterocycles. The molecule has 0 radical (unpaired) electrons. The van der Waals surface area contributed by atoms with Crippen molar-refractivity contribution in [3.8, 4) is 11.4 Å². The number of aromatic nitrogens is 2. The Morgan fingerprint density at radius 1 is 1.29 bits per heavy atom. The summed E-state index contributed by atoms with van der Waals surface area (Å²) in [6.45, 7) is 1.54. The predicted molar refractivity (Wildman–Crippen MR) is 108 cm³/mol. The lowest BCUT2D eigenvalue weighted by atomic mass is 10.1. The molecule has 9 heteroatoms. The van der Waals surface area contributed by atoms with Gasteiger partial charge in [0.1, 0.15) is 0 Å². The van der Waals surface area contributed by atoms with Crippen LogP contribution < -0.4 is 5.32 Å². The van der Waals surface area contributed by atoms with Crippen LogP contribution in [0, 0.1) is 0 Å². The van der Waals surface area contributed by atoms with Crippen molar-refractivity contribution in [2.24, 2.45) is 0 Å². The first-order valence-corrected chi connectivity index (χ1v) is 10.3. The Kier molecular flexibility index (Phi) is 6.94. The average molecular weight is 464 g/mol. The van der Waals surface area contributed by atoms with Crippen molar-refractivity contribution >= 4 is 39.1 Å². The van der Waals surface area contributed by atoms with Gasteiger partial charge < -0.3 is 14.6 Å². The van der Waals surface area contributed by atoms with E-state index in [1.54, 1.807) is 0 Å². The van der Waals surface area contributed by atoms with E-state index in [4.69, 9.17) is 9.26 Å². The SMILES string of the molecule is CC(NC(=O)COC(=O)CCc1nc(-c2ccsc2)no1)c1ccc(Br)cc1. The minimum absolute atomic E-state index is 0.0564. The van der Waals surface area contributed by atoms with Crippen molar-refractivity contribution in [2.45, 2.75) is 25.8 Å². The van der Waals surface area contributed by atoms with Crippen molar-refractivity contribution in [3.63, 3.8) is 0 Å². The van der Waals surface area contributed by atoms with Crippen molar-refractivity contribution in [2.75, 3.05) is 6.61 Å². The topological polar surface area (TPSA) is 94.3 Å². The quantitative estimate of drug-likeness (QED) is 0.508. The van der Waals surface area contributed by atoms with Gasteiger partial charge in [-0.05, 0) is 36.1 Å². The van der Waals surface area contributed by atoms with Gasteiger partial charge in [-0.15, -0.1) is 0 Å². The molecule has 2 aromatic heterocycles. The van der Waals surface area contributed by atoms with Gasteiger partial charge in [-0.25, -0.2) is 0 Å². The Hall–Kier alpha value is -2.52. The van der Waals surface area contributed by atoms with Crippen LogP contribution >= 0.6 is 27.3 Å². The van der Waals surface area contributed by atoms with Gasteiger partial charge in [0.25, 0.3) is 5.91 Å². The number of benzene rings is 1. The maximum absolute atomic E-state index is 12.0. The zero-order valence-corrected chi connectivity index (χ0v) is 17.5. The number of carbonyl (C=O) groups excluding carboxylic acids is 2. The minimum Gasteiger partial charge on any atom is -0.456 e. The molecule has 146 valence electrons. The Bertz CT molecular complexity index is 925. The summed E-state index contributed by atoms with van der Waals surface area (Å²) in [5, 5.41) is 10.5. The van der Waals surface area contributed by atoms with Crippen molar-refractivity contribution in [3.05, 3.63) is 57.0 Å². The van der Waals surface area contributed by atoms with E-state index < -0.39 is 5.97 Å². The molecule has 1 aromatic carbocycles. The molecule has 7 nitrogen and oxygen atoms in total. The highest BCUT2D eigenvalue weighted by Crippen LogP contribution is 2.19. The van der Waals surface area contributed by atoms with Gasteiger partial charge in [-0.2, -0.15) is 16.3 Å². The fraction of sp³-hybridized carbons (Fsp3) is 0.263. The van der Waals surface area contributed by atoms with Crippen LogP contribution in [-0.2, 0) is 20.7 Å². The Balaban J connectivity index is 1.39. The van der Waals surface area contributed by atoms with Crippen molar-refractivity contribution in [1.82, 2.24) is 15.5 Å². The van der Waals surface area contributed by atoms with E-state index in [9.17, 15) is 9.59 Å². The van der Waals surface area contributed by atoms with E-state index in [-0.39, 0.29) is 31.4 Å². The molecule has 1 amide bonds. The third-order valence-electron chi connectivity index (χ3n) is 3.90. The van der Waals surface area contributed by atoms with Gasteiger partial charge in [-0.3, -0.25) is 9.59 Å². The highest BCUT2D eigenvalue weighted by atomic mass is 79.9. The highest BCUT2D eigenvalue weighted by Gasteiger charge is 2.14. The maximum Gasteiger partial charge on any atom is 0.306 e. The van der Waals surface area contributed by atoms with Gasteiger partial charge in [0, 0.05) is 21.8 Å². The first kappa shape index (κ1) is 20.2. The fourth-order valence-electron chi connectivity index (χ4n) is 2.41. The number of hydrogen-bond donors (Lipinski definition) is 1. The Morgan fingerprint density at radius 3 is 2.79 bits per heavy atom. The second kappa shape index (κ2) is 9.61. The predicted octanol–water partition coefficient (Wildman–Crippen LogP) is 3.91. The molecule has 3 rings (SSSR count). The van der Waals surface area contributed by atoms with Crippen molar-refractivity contribution < 1.29 is 18.8 Å². The van der Waals surface area contributed by atoms with Gasteiger partial charge in [0.05, 0.1) is 12.5 Å². The lowest BCUT2D eigenvalue weighted by Gasteiger charge is -2.14. The highest BCUT2D eigenvalue weighted by molar-refractivity contribution is 9.10. The number of amides is 1. The number of ether oxygens (including phenoxy) is 1. The molecule has 0 bridgehead atoms. The maximum atomic E-state index is 12.0. The molecule has 0 saturated carbocycles. The third-order valence-corrected chi connectivity index (χ3v) is 5.11. The summed E-state index contributed by atoms with van der Waals surface area (Å²) in [5.74, 6) is -0.0135. The average Bonchev–Trinajstić information content (AvgIpc) is 3.36. The van der Waals surface area contributed by atoms with Gasteiger partial charge >= 0.3 is 5.97 Å². The first-order valence-electron chi connectivity index (χ1n) is 8.57. The molecule has 0 fully saturated rings. The lowest BCUT2D eigenvalue weighted by molar-refractivity contribution is -0.148. The number of nitrogens with zero attached hydrogens (tertiary/aromatic N) is 2. The number of esters is 1. The fourth-order valence-corrected chi connectivity index (χ4v) is 3.31. The van der Waals surface area contributed by atoms with E-state index >= 15 is 0 Å². The smallest absolute Gasteiger partial charge is 0.306 e. The van der Waals surface area contributed by atoms with Crippen LogP contribution in [0.15, 0.2) is 50.1 Å². The van der Waals surface area contributed by atoms with E-state index in [0.29, 0.717) is 11.7 Å². The normalized spacial score (nSPS) is 11.8. The molecule has 28 heavy (non-hydrogen) atoms. The molecule has 1 atom stereocenters. The standard InChI is InChI=1S/C19H18BrN3O4S/c1-12(13-2-4-15(20)5-3-13)21-16(24)10-26-18(25)7-6-17-22-19(23-27-17)14-8-9-28-11-14/h2-5,8-9,11-12H,6-7,10H2,1H3,(H,21,24). The van der Waals surface area contributed by atoms with Crippen LogP contribution in [0.2, 0.25) is 0 Å². The van der Waals surface area contributed by atoms with E-state index in [2.05, 4.69) is 31.4 Å². The first-order chi connectivity index (χ1) is 13.5. The molecule has 0 aliphatic rings. The van der Waals surface area contributed by atoms with Gasteiger partial charge in [0.15, 0.2) is 6.61 Å². The van der Waals surface area contributed by atoms with Crippen LogP contribution in [0.4, 0.5) is 0 Å². The van der Waals surface area contributed by atoms with Crippen LogP contribution in [0.1, 0.15) is 30.8 Å². The summed E-state index contributed by atoms with van der Waals surface area (Å²) in [6.07, 6.45) is 0.313. The van der Waals surface area contributed by atoms with E-state index in [0.717, 1.165) is 15.6 Å². The molecule has 1 unspecified atom stereocenters. The van der Waals surface area contributed by atoms with Gasteiger partial charge in [0.2, 0.25) is 11.7 Å². The van der Waals surface area contributed by atoms with Crippen LogP contribution in [-0.4, -0.2) is 28.6 Å². The molecule has 1 N–H and O–H groups in total. The number of aryl methyl sites for hydroxylation is 1. The molecular formula is C19H18BrN3O4S. The zero-order chi connectivity index (χ0) is 19.9. The van der Waals surface area contributed by atoms with E-state index in [1.165, 1.54) is 11.3 Å². The Morgan fingerprint density at radius 2 is 2.07 bits per heavy atom. The minimum atomic E-state index is -0.498. The summed E-state index contributed by atoms with van der Waals surface area (Å²) >= 11 is 4.91. The van der Waals surface area contributed by atoms with Crippen LogP contribution in [0.5, 0.6) is 0 Å². The number of thiophene rings is 1. The Labute approximate surface area is 174 Å². The van der Waals surface area contributed by atoms with Gasteiger partial charge in [-0.1, -0.05) is 33.2 Å².